The predicted octanol–water partition coefficient (Wildman–Crippen LogP) is 1.77. The lowest BCUT2D eigenvalue weighted by Crippen LogP contribution is -2.39. The van der Waals surface area contributed by atoms with Crippen LogP contribution in [0.15, 0.2) is 12.1 Å². The van der Waals surface area contributed by atoms with Gasteiger partial charge >= 0.3 is 0 Å². The monoisotopic (exact) mass is 323 g/mol. The number of hydrogen-bond donors (Lipinski definition) is 2. The fraction of sp³-hybridized carbons (Fsp3) is 0.429. The molecule has 0 spiro atoms. The van der Waals surface area contributed by atoms with Crippen molar-refractivity contribution in [1.82, 2.24) is 25.5 Å². The number of carbonyl (C=O) groups excluding carboxylic acids is 1. The quantitative estimate of drug-likeness (QED) is 0.894. The van der Waals surface area contributed by atoms with Crippen LogP contribution in [0.3, 0.4) is 0 Å². The van der Waals surface area contributed by atoms with E-state index in [0.717, 1.165) is 37.8 Å². The van der Waals surface area contributed by atoms with E-state index in [1.54, 1.807) is 0 Å². The number of phenols is 1. The number of phenolic OH excluding ortho intramolecular Hbond substituents is 1. The normalized spacial score (nSPS) is 15.0. The fourth-order valence-electron chi connectivity index (χ4n) is 2.85. The SMILES string of the molecule is O=C(c1ccc(F)c(O)c1F)N(Cc1nn[nH]n1)C1CCCC1. The van der Waals surface area contributed by atoms with Gasteiger partial charge in [0.05, 0.1) is 12.1 Å². The molecule has 0 unspecified atom stereocenters. The number of amides is 1. The topological polar surface area (TPSA) is 95.0 Å². The first-order valence-electron chi connectivity index (χ1n) is 7.28. The Kier molecular flexibility index (Phi) is 4.18. The number of benzene rings is 1. The van der Waals surface area contributed by atoms with Crippen molar-refractivity contribution < 1.29 is 18.7 Å². The number of nitrogens with one attached hydrogen (secondary N) is 1. The van der Waals surface area contributed by atoms with Gasteiger partial charge in [-0.25, -0.2) is 8.78 Å². The number of carbonyl (C=O) groups is 1. The Morgan fingerprint density at radius 1 is 1.35 bits per heavy atom. The molecule has 9 heteroatoms. The maximum absolute atomic E-state index is 14.1. The van der Waals surface area contributed by atoms with Gasteiger partial charge in [0.2, 0.25) is 0 Å². The van der Waals surface area contributed by atoms with Gasteiger partial charge < -0.3 is 10.0 Å². The fourth-order valence-corrected chi connectivity index (χ4v) is 2.85. The van der Waals surface area contributed by atoms with Gasteiger partial charge in [0, 0.05) is 6.04 Å². The number of aromatic amines is 1. The number of rotatable bonds is 4. The summed E-state index contributed by atoms with van der Waals surface area (Å²) in [7, 11) is 0. The van der Waals surface area contributed by atoms with Gasteiger partial charge in [-0.1, -0.05) is 18.1 Å². The average Bonchev–Trinajstić information content (AvgIpc) is 3.23. The van der Waals surface area contributed by atoms with Crippen LogP contribution < -0.4 is 0 Å². The number of H-pyrrole nitrogens is 1. The summed E-state index contributed by atoms with van der Waals surface area (Å²) < 4.78 is 27.2. The molecule has 1 saturated carbocycles. The summed E-state index contributed by atoms with van der Waals surface area (Å²) in [6.07, 6.45) is 3.52. The van der Waals surface area contributed by atoms with Gasteiger partial charge in [-0.05, 0) is 25.0 Å². The molecule has 2 aromatic rings. The Balaban J connectivity index is 1.92. The highest BCUT2D eigenvalue weighted by Crippen LogP contribution is 2.29. The third kappa shape index (κ3) is 2.99. The molecule has 0 aliphatic heterocycles. The van der Waals surface area contributed by atoms with Crippen LogP contribution in [-0.4, -0.2) is 42.6 Å². The van der Waals surface area contributed by atoms with Crippen molar-refractivity contribution >= 4 is 5.91 Å². The molecule has 122 valence electrons. The van der Waals surface area contributed by atoms with E-state index < -0.39 is 23.3 Å². The minimum Gasteiger partial charge on any atom is -0.503 e. The number of tetrazole rings is 1. The second kappa shape index (κ2) is 6.27. The summed E-state index contributed by atoms with van der Waals surface area (Å²) in [6.45, 7) is 0.0670. The highest BCUT2D eigenvalue weighted by Gasteiger charge is 2.31. The van der Waals surface area contributed by atoms with Crippen LogP contribution in [0, 0.1) is 11.6 Å². The predicted molar refractivity (Wildman–Crippen MR) is 74.3 cm³/mol. The molecule has 1 heterocycles. The Hall–Kier alpha value is -2.58. The molecule has 1 amide bonds. The van der Waals surface area contributed by atoms with Gasteiger partial charge in [0.15, 0.2) is 23.2 Å². The maximum atomic E-state index is 14.1. The van der Waals surface area contributed by atoms with Crippen molar-refractivity contribution in [2.75, 3.05) is 0 Å². The first kappa shape index (κ1) is 15.3. The summed E-state index contributed by atoms with van der Waals surface area (Å²) in [5.74, 6) is -3.84. The molecular weight excluding hydrogens is 308 g/mol. The van der Waals surface area contributed by atoms with Crippen molar-refractivity contribution in [3.63, 3.8) is 0 Å². The number of aromatic hydroxyl groups is 1. The van der Waals surface area contributed by atoms with Crippen LogP contribution in [0.1, 0.15) is 41.9 Å². The average molecular weight is 323 g/mol. The zero-order chi connectivity index (χ0) is 16.4. The minimum atomic E-state index is -1.26. The summed E-state index contributed by atoms with van der Waals surface area (Å²) in [5.41, 5.74) is -0.376. The van der Waals surface area contributed by atoms with E-state index in [-0.39, 0.29) is 18.2 Å². The molecule has 0 atom stereocenters. The minimum absolute atomic E-state index is 0.0670. The molecule has 1 aromatic carbocycles. The van der Waals surface area contributed by atoms with Gasteiger partial charge in [0.25, 0.3) is 5.91 Å². The Labute approximate surface area is 130 Å². The molecule has 23 heavy (non-hydrogen) atoms. The van der Waals surface area contributed by atoms with E-state index in [1.165, 1.54) is 4.90 Å². The van der Waals surface area contributed by atoms with E-state index in [1.807, 2.05) is 0 Å². The molecule has 0 radical (unpaired) electrons. The first-order valence-corrected chi connectivity index (χ1v) is 7.28. The molecule has 2 N–H and O–H groups in total. The van der Waals surface area contributed by atoms with E-state index in [9.17, 15) is 18.7 Å². The number of halogens is 2. The zero-order valence-electron chi connectivity index (χ0n) is 12.2. The largest absolute Gasteiger partial charge is 0.503 e. The van der Waals surface area contributed by atoms with Crippen LogP contribution in [0.4, 0.5) is 8.78 Å². The van der Waals surface area contributed by atoms with E-state index >= 15 is 0 Å². The lowest BCUT2D eigenvalue weighted by atomic mass is 10.1. The summed E-state index contributed by atoms with van der Waals surface area (Å²) in [5, 5.41) is 22.7. The van der Waals surface area contributed by atoms with Crippen molar-refractivity contribution in [3.8, 4) is 5.75 Å². The second-order valence-electron chi connectivity index (χ2n) is 5.46. The third-order valence-electron chi connectivity index (χ3n) is 4.02. The van der Waals surface area contributed by atoms with Gasteiger partial charge in [-0.15, -0.1) is 10.2 Å². The summed E-state index contributed by atoms with van der Waals surface area (Å²) in [4.78, 5) is 14.2. The molecule has 3 rings (SSSR count). The van der Waals surface area contributed by atoms with Crippen LogP contribution in [0.5, 0.6) is 5.75 Å². The number of nitrogens with zero attached hydrogens (tertiary/aromatic N) is 4. The van der Waals surface area contributed by atoms with Gasteiger partial charge in [-0.3, -0.25) is 4.79 Å². The van der Waals surface area contributed by atoms with E-state index in [2.05, 4.69) is 20.6 Å². The first-order chi connectivity index (χ1) is 11.1. The zero-order valence-corrected chi connectivity index (χ0v) is 12.2. The lowest BCUT2D eigenvalue weighted by Gasteiger charge is -2.28. The second-order valence-corrected chi connectivity index (χ2v) is 5.46. The summed E-state index contributed by atoms with van der Waals surface area (Å²) in [6, 6.07) is 1.82. The Bertz CT molecular complexity index is 701. The molecule has 1 aliphatic carbocycles. The molecular formula is C14H15F2N5O2. The smallest absolute Gasteiger partial charge is 0.257 e. The molecule has 1 aromatic heterocycles. The van der Waals surface area contributed by atoms with Crippen LogP contribution >= 0.6 is 0 Å². The number of aromatic nitrogens is 4. The van der Waals surface area contributed by atoms with Gasteiger partial charge in [0.1, 0.15) is 0 Å². The lowest BCUT2D eigenvalue weighted by molar-refractivity contribution is 0.0652. The van der Waals surface area contributed by atoms with E-state index in [0.29, 0.717) is 5.82 Å². The third-order valence-corrected chi connectivity index (χ3v) is 4.02. The van der Waals surface area contributed by atoms with Crippen molar-refractivity contribution in [1.29, 1.82) is 0 Å². The molecule has 0 bridgehead atoms. The molecule has 0 saturated heterocycles. The highest BCUT2D eigenvalue weighted by atomic mass is 19.1. The Morgan fingerprint density at radius 3 is 2.74 bits per heavy atom. The van der Waals surface area contributed by atoms with Crippen LogP contribution in [0.2, 0.25) is 0 Å². The summed E-state index contributed by atoms with van der Waals surface area (Å²) >= 11 is 0. The van der Waals surface area contributed by atoms with Crippen molar-refractivity contribution in [3.05, 3.63) is 35.2 Å². The van der Waals surface area contributed by atoms with Crippen molar-refractivity contribution in [2.24, 2.45) is 0 Å². The van der Waals surface area contributed by atoms with Gasteiger partial charge in [-0.2, -0.15) is 5.21 Å². The highest BCUT2D eigenvalue weighted by molar-refractivity contribution is 5.95. The molecule has 1 fully saturated rings. The van der Waals surface area contributed by atoms with Crippen LogP contribution in [-0.2, 0) is 6.54 Å². The molecule has 7 nitrogen and oxygen atoms in total. The number of hydrogen-bond acceptors (Lipinski definition) is 5. The maximum Gasteiger partial charge on any atom is 0.257 e. The van der Waals surface area contributed by atoms with Crippen molar-refractivity contribution in [2.45, 2.75) is 38.3 Å². The Morgan fingerprint density at radius 2 is 2.09 bits per heavy atom. The standard InChI is InChI=1S/C14H15F2N5O2/c15-10-6-5-9(12(16)13(10)22)14(23)21(8-3-1-2-4-8)7-11-17-19-20-18-11/h5-6,8,22H,1-4,7H2,(H,17,18,19,20). The van der Waals surface area contributed by atoms with E-state index in [4.69, 9.17) is 0 Å². The molecule has 1 aliphatic rings. The van der Waals surface area contributed by atoms with Crippen LogP contribution in [0.25, 0.3) is 0 Å².